The van der Waals surface area contributed by atoms with Gasteiger partial charge in [0.1, 0.15) is 0 Å². The van der Waals surface area contributed by atoms with E-state index in [4.69, 9.17) is 16.3 Å². The maximum Gasteiger partial charge on any atom is 0.0602 e. The number of likely N-dealkylation sites (N-methyl/N-ethyl adjacent to an activating group) is 1. The average Bonchev–Trinajstić information content (AvgIpc) is 2.82. The normalized spacial score (nSPS) is 17.2. The molecule has 1 rings (SSSR count). The van der Waals surface area contributed by atoms with E-state index in [2.05, 4.69) is 11.9 Å². The highest BCUT2D eigenvalue weighted by atomic mass is 35.5. The van der Waals surface area contributed by atoms with Crippen molar-refractivity contribution < 1.29 is 4.74 Å². The van der Waals surface area contributed by atoms with Crippen LogP contribution >= 0.6 is 11.6 Å². The van der Waals surface area contributed by atoms with Crippen LogP contribution in [0.1, 0.15) is 12.8 Å². The topological polar surface area (TPSA) is 12.5 Å². The number of ether oxygens (including phenoxy) is 1. The van der Waals surface area contributed by atoms with Crippen molar-refractivity contribution in [1.82, 2.24) is 4.90 Å². The van der Waals surface area contributed by atoms with Crippen LogP contribution in [-0.4, -0.2) is 44.1 Å². The zero-order valence-electron chi connectivity index (χ0n) is 7.76. The lowest BCUT2D eigenvalue weighted by atomic mass is 10.4. The van der Waals surface area contributed by atoms with Crippen LogP contribution in [-0.2, 0) is 4.74 Å². The van der Waals surface area contributed by atoms with Crippen molar-refractivity contribution in [2.75, 3.05) is 39.2 Å². The fraction of sp³-hybridized carbons (Fsp3) is 1.00. The van der Waals surface area contributed by atoms with Crippen molar-refractivity contribution in [3.8, 4) is 0 Å². The molecule has 1 saturated carbocycles. The van der Waals surface area contributed by atoms with E-state index in [1.165, 1.54) is 19.4 Å². The fourth-order valence-electron chi connectivity index (χ4n) is 1.21. The van der Waals surface area contributed by atoms with Gasteiger partial charge >= 0.3 is 0 Å². The summed E-state index contributed by atoms with van der Waals surface area (Å²) in [4.78, 5) is 2.34. The molecule has 0 radical (unpaired) electrons. The molecule has 0 aromatic carbocycles. The van der Waals surface area contributed by atoms with Crippen molar-refractivity contribution in [3.05, 3.63) is 0 Å². The Labute approximate surface area is 79.8 Å². The molecular weight excluding hydrogens is 174 g/mol. The first kappa shape index (κ1) is 10.3. The molecule has 72 valence electrons. The molecule has 2 nitrogen and oxygen atoms in total. The highest BCUT2D eigenvalue weighted by molar-refractivity contribution is 6.17. The number of nitrogens with zero attached hydrogens (tertiary/aromatic N) is 1. The third kappa shape index (κ3) is 4.96. The van der Waals surface area contributed by atoms with Gasteiger partial charge < -0.3 is 9.64 Å². The molecular formula is C9H18ClNO. The quantitative estimate of drug-likeness (QED) is 0.448. The summed E-state index contributed by atoms with van der Waals surface area (Å²) in [5.74, 6) is 1.58. The van der Waals surface area contributed by atoms with Crippen LogP contribution in [0.3, 0.4) is 0 Å². The Balaban J connectivity index is 1.83. The van der Waals surface area contributed by atoms with Crippen molar-refractivity contribution in [2.24, 2.45) is 5.92 Å². The smallest absolute Gasteiger partial charge is 0.0602 e. The minimum absolute atomic E-state index is 0.604. The zero-order chi connectivity index (χ0) is 8.81. The number of hydrogen-bond acceptors (Lipinski definition) is 2. The van der Waals surface area contributed by atoms with Gasteiger partial charge in [0, 0.05) is 19.0 Å². The van der Waals surface area contributed by atoms with Crippen LogP contribution in [0.15, 0.2) is 0 Å². The molecule has 1 fully saturated rings. The predicted octanol–water partition coefficient (Wildman–Crippen LogP) is 1.58. The monoisotopic (exact) mass is 191 g/mol. The van der Waals surface area contributed by atoms with Gasteiger partial charge in [-0.05, 0) is 25.8 Å². The average molecular weight is 192 g/mol. The second-order valence-electron chi connectivity index (χ2n) is 3.51. The number of halogens is 1. The van der Waals surface area contributed by atoms with Gasteiger partial charge in [0.2, 0.25) is 0 Å². The maximum absolute atomic E-state index is 5.47. The molecule has 0 amide bonds. The lowest BCUT2D eigenvalue weighted by Crippen LogP contribution is -2.25. The van der Waals surface area contributed by atoms with Gasteiger partial charge in [-0.25, -0.2) is 0 Å². The minimum Gasteiger partial charge on any atom is -0.379 e. The van der Waals surface area contributed by atoms with Gasteiger partial charge in [-0.1, -0.05) is 0 Å². The maximum atomic E-state index is 5.47. The summed E-state index contributed by atoms with van der Waals surface area (Å²) < 4.78 is 5.28. The first-order valence-corrected chi connectivity index (χ1v) is 5.18. The summed E-state index contributed by atoms with van der Waals surface area (Å²) in [5.41, 5.74) is 0. The van der Waals surface area contributed by atoms with Gasteiger partial charge in [0.25, 0.3) is 0 Å². The Morgan fingerprint density at radius 2 is 2.17 bits per heavy atom. The van der Waals surface area contributed by atoms with Gasteiger partial charge in [0.15, 0.2) is 0 Å². The largest absolute Gasteiger partial charge is 0.379 e. The third-order valence-electron chi connectivity index (χ3n) is 2.11. The molecule has 0 N–H and O–H groups in total. The highest BCUT2D eigenvalue weighted by Gasteiger charge is 2.22. The number of alkyl halides is 1. The van der Waals surface area contributed by atoms with E-state index in [9.17, 15) is 0 Å². The van der Waals surface area contributed by atoms with Crippen molar-refractivity contribution in [1.29, 1.82) is 0 Å². The predicted molar refractivity (Wildman–Crippen MR) is 51.8 cm³/mol. The van der Waals surface area contributed by atoms with E-state index in [1.54, 1.807) is 0 Å². The van der Waals surface area contributed by atoms with E-state index in [1.807, 2.05) is 0 Å². The fourth-order valence-corrected chi connectivity index (χ4v) is 1.32. The van der Waals surface area contributed by atoms with Gasteiger partial charge in [-0.2, -0.15) is 0 Å². The standard InChI is InChI=1S/C9H18ClNO/c1-11(8-9-2-3-9)5-7-12-6-4-10/h9H,2-8H2,1H3. The minimum atomic E-state index is 0.604. The number of rotatable bonds is 7. The van der Waals surface area contributed by atoms with Crippen LogP contribution in [0.25, 0.3) is 0 Å². The lowest BCUT2D eigenvalue weighted by molar-refractivity contribution is 0.122. The molecule has 12 heavy (non-hydrogen) atoms. The SMILES string of the molecule is CN(CCOCCCl)CC1CC1. The molecule has 3 heteroatoms. The summed E-state index contributed by atoms with van der Waals surface area (Å²) in [6, 6.07) is 0. The molecule has 1 aliphatic carbocycles. The molecule has 0 saturated heterocycles. The summed E-state index contributed by atoms with van der Waals surface area (Å²) in [6.45, 7) is 3.77. The van der Waals surface area contributed by atoms with E-state index in [-0.39, 0.29) is 0 Å². The van der Waals surface area contributed by atoms with Crippen LogP contribution in [0.2, 0.25) is 0 Å². The molecule has 0 unspecified atom stereocenters. The van der Waals surface area contributed by atoms with Crippen molar-refractivity contribution in [2.45, 2.75) is 12.8 Å². The van der Waals surface area contributed by atoms with E-state index < -0.39 is 0 Å². The lowest BCUT2D eigenvalue weighted by Gasteiger charge is -2.15. The van der Waals surface area contributed by atoms with Crippen molar-refractivity contribution >= 4 is 11.6 Å². The molecule has 0 aromatic rings. The van der Waals surface area contributed by atoms with E-state index in [0.717, 1.165) is 19.1 Å². The van der Waals surface area contributed by atoms with E-state index >= 15 is 0 Å². The summed E-state index contributed by atoms with van der Waals surface area (Å²) >= 11 is 5.47. The Hall–Kier alpha value is 0.210. The second kappa shape index (κ2) is 5.79. The van der Waals surface area contributed by atoms with E-state index in [0.29, 0.717) is 12.5 Å². The Bertz CT molecular complexity index is 117. The molecule has 0 aromatic heterocycles. The molecule has 0 atom stereocenters. The summed E-state index contributed by atoms with van der Waals surface area (Å²) in [5, 5.41) is 0. The van der Waals surface area contributed by atoms with Crippen LogP contribution in [0, 0.1) is 5.92 Å². The van der Waals surface area contributed by atoms with Crippen LogP contribution < -0.4 is 0 Å². The summed E-state index contributed by atoms with van der Waals surface area (Å²) in [7, 11) is 2.16. The van der Waals surface area contributed by atoms with Crippen LogP contribution in [0.5, 0.6) is 0 Å². The first-order valence-electron chi connectivity index (χ1n) is 4.65. The zero-order valence-corrected chi connectivity index (χ0v) is 8.52. The molecule has 0 bridgehead atoms. The third-order valence-corrected chi connectivity index (χ3v) is 2.26. The van der Waals surface area contributed by atoms with Crippen molar-refractivity contribution in [3.63, 3.8) is 0 Å². The first-order chi connectivity index (χ1) is 5.83. The van der Waals surface area contributed by atoms with Gasteiger partial charge in [-0.15, -0.1) is 11.6 Å². The molecule has 0 spiro atoms. The summed E-state index contributed by atoms with van der Waals surface area (Å²) in [6.07, 6.45) is 2.85. The molecule has 0 heterocycles. The Morgan fingerprint density at radius 3 is 2.75 bits per heavy atom. The molecule has 1 aliphatic rings. The second-order valence-corrected chi connectivity index (χ2v) is 3.88. The van der Waals surface area contributed by atoms with Gasteiger partial charge in [-0.3, -0.25) is 0 Å². The Kier molecular flexibility index (Phi) is 4.96. The highest BCUT2D eigenvalue weighted by Crippen LogP contribution is 2.29. The number of hydrogen-bond donors (Lipinski definition) is 0. The van der Waals surface area contributed by atoms with Gasteiger partial charge in [0.05, 0.1) is 13.2 Å². The molecule has 0 aliphatic heterocycles. The van der Waals surface area contributed by atoms with Crippen LogP contribution in [0.4, 0.5) is 0 Å². The Morgan fingerprint density at radius 1 is 1.42 bits per heavy atom.